The Morgan fingerprint density at radius 2 is 2.00 bits per heavy atom. The van der Waals surface area contributed by atoms with Crippen molar-refractivity contribution in [3.8, 4) is 0 Å². The van der Waals surface area contributed by atoms with Crippen LogP contribution in [0.4, 0.5) is 0 Å². The zero-order valence-corrected chi connectivity index (χ0v) is 13.3. The number of carbonyl (C=O) groups excluding carboxylic acids is 1. The number of nitrogens with one attached hydrogen (secondary N) is 2. The van der Waals surface area contributed by atoms with E-state index in [-0.39, 0.29) is 10.8 Å². The average Bonchev–Trinajstić information content (AvgIpc) is 2.85. The molecule has 2 aromatic rings. The van der Waals surface area contributed by atoms with E-state index in [1.165, 1.54) is 23.5 Å². The minimum Gasteiger partial charge on any atom is -0.350 e. The molecule has 1 amide bonds. The van der Waals surface area contributed by atoms with Gasteiger partial charge in [-0.25, -0.2) is 13.6 Å². The molecule has 0 radical (unpaired) electrons. The summed E-state index contributed by atoms with van der Waals surface area (Å²) in [6.07, 6.45) is 0.585. The molecule has 0 saturated heterocycles. The molecule has 0 atom stereocenters. The Morgan fingerprint density at radius 1 is 1.33 bits per heavy atom. The SMILES string of the molecule is NS(=O)(=O)c1ccc(CCNC(=O)c2csc(=S)[nH]2)cc1. The fourth-order valence-electron chi connectivity index (χ4n) is 1.65. The Labute approximate surface area is 131 Å². The molecule has 0 aliphatic carbocycles. The lowest BCUT2D eigenvalue weighted by molar-refractivity contribution is 0.0950. The fraction of sp³-hybridized carbons (Fsp3) is 0.167. The second kappa shape index (κ2) is 6.48. The van der Waals surface area contributed by atoms with E-state index < -0.39 is 10.0 Å². The molecule has 0 spiro atoms. The third-order valence-corrected chi connectivity index (χ3v) is 4.71. The molecule has 1 heterocycles. The average molecular weight is 343 g/mol. The van der Waals surface area contributed by atoms with Gasteiger partial charge in [0.1, 0.15) is 5.69 Å². The number of nitrogens with two attached hydrogens (primary N) is 1. The molecule has 0 bridgehead atoms. The molecular formula is C12H13N3O3S3. The van der Waals surface area contributed by atoms with Crippen molar-refractivity contribution in [2.24, 2.45) is 5.14 Å². The van der Waals surface area contributed by atoms with Crippen molar-refractivity contribution in [3.05, 3.63) is 44.9 Å². The van der Waals surface area contributed by atoms with Crippen LogP contribution in [0.1, 0.15) is 16.1 Å². The van der Waals surface area contributed by atoms with Crippen LogP contribution in [0.5, 0.6) is 0 Å². The van der Waals surface area contributed by atoms with E-state index >= 15 is 0 Å². The lowest BCUT2D eigenvalue weighted by Crippen LogP contribution is -2.25. The predicted octanol–water partition coefficient (Wildman–Crippen LogP) is 1.43. The number of hydrogen-bond acceptors (Lipinski definition) is 5. The van der Waals surface area contributed by atoms with Crippen LogP contribution in [0.15, 0.2) is 34.5 Å². The largest absolute Gasteiger partial charge is 0.350 e. The van der Waals surface area contributed by atoms with Crippen molar-refractivity contribution < 1.29 is 13.2 Å². The number of aromatic amines is 1. The molecule has 4 N–H and O–H groups in total. The second-order valence-corrected chi connectivity index (χ2v) is 7.36. The van der Waals surface area contributed by atoms with Crippen LogP contribution in [-0.2, 0) is 16.4 Å². The van der Waals surface area contributed by atoms with E-state index in [1.54, 1.807) is 17.5 Å². The lowest BCUT2D eigenvalue weighted by atomic mass is 10.1. The maximum atomic E-state index is 11.8. The first-order valence-electron chi connectivity index (χ1n) is 5.94. The van der Waals surface area contributed by atoms with Gasteiger partial charge in [0.05, 0.1) is 4.90 Å². The first-order chi connectivity index (χ1) is 9.86. The number of aromatic nitrogens is 1. The van der Waals surface area contributed by atoms with Gasteiger partial charge in [0.25, 0.3) is 5.91 Å². The molecule has 1 aromatic heterocycles. The number of benzene rings is 1. The van der Waals surface area contributed by atoms with E-state index in [0.717, 1.165) is 5.56 Å². The molecule has 0 aliphatic heterocycles. The van der Waals surface area contributed by atoms with Crippen LogP contribution in [-0.4, -0.2) is 25.9 Å². The highest BCUT2D eigenvalue weighted by molar-refractivity contribution is 7.89. The first kappa shape index (κ1) is 15.8. The first-order valence-corrected chi connectivity index (χ1v) is 8.77. The van der Waals surface area contributed by atoms with E-state index in [2.05, 4.69) is 10.3 Å². The third kappa shape index (κ3) is 4.46. The molecule has 2 rings (SSSR count). The van der Waals surface area contributed by atoms with Gasteiger partial charge in [-0.2, -0.15) is 0 Å². The Kier molecular flexibility index (Phi) is 4.88. The van der Waals surface area contributed by atoms with Gasteiger partial charge in [-0.3, -0.25) is 4.79 Å². The van der Waals surface area contributed by atoms with Crippen molar-refractivity contribution in [1.29, 1.82) is 0 Å². The summed E-state index contributed by atoms with van der Waals surface area (Å²) in [5, 5.41) is 9.44. The van der Waals surface area contributed by atoms with Crippen LogP contribution in [0.25, 0.3) is 0 Å². The Bertz CT molecular complexity index is 791. The molecule has 0 fully saturated rings. The zero-order chi connectivity index (χ0) is 15.5. The van der Waals surface area contributed by atoms with E-state index in [4.69, 9.17) is 17.4 Å². The highest BCUT2D eigenvalue weighted by Gasteiger charge is 2.08. The molecule has 9 heteroatoms. The Morgan fingerprint density at radius 3 is 2.52 bits per heavy atom. The number of thiazole rings is 1. The van der Waals surface area contributed by atoms with Crippen LogP contribution >= 0.6 is 23.6 Å². The highest BCUT2D eigenvalue weighted by Crippen LogP contribution is 2.09. The summed E-state index contributed by atoms with van der Waals surface area (Å²) in [6.45, 7) is 0.435. The molecule has 0 unspecified atom stereocenters. The van der Waals surface area contributed by atoms with Gasteiger partial charge in [0.2, 0.25) is 10.0 Å². The summed E-state index contributed by atoms with van der Waals surface area (Å²) >= 11 is 6.20. The van der Waals surface area contributed by atoms with Crippen LogP contribution in [0, 0.1) is 3.95 Å². The second-order valence-electron chi connectivity index (χ2n) is 4.26. The number of rotatable bonds is 5. The number of amides is 1. The molecule has 6 nitrogen and oxygen atoms in total. The number of sulfonamides is 1. The summed E-state index contributed by atoms with van der Waals surface area (Å²) in [4.78, 5) is 14.6. The highest BCUT2D eigenvalue weighted by atomic mass is 32.2. The van der Waals surface area contributed by atoms with Gasteiger partial charge in [0.15, 0.2) is 3.95 Å². The van der Waals surface area contributed by atoms with Gasteiger partial charge in [-0.1, -0.05) is 12.1 Å². The molecule has 1 aromatic carbocycles. The minimum atomic E-state index is -3.67. The van der Waals surface area contributed by atoms with E-state index in [1.807, 2.05) is 0 Å². The minimum absolute atomic E-state index is 0.0705. The monoisotopic (exact) mass is 343 g/mol. The van der Waals surface area contributed by atoms with Crippen LogP contribution < -0.4 is 10.5 Å². The number of primary sulfonamides is 1. The fourth-order valence-corrected chi connectivity index (χ4v) is 2.98. The van der Waals surface area contributed by atoms with Gasteiger partial charge < -0.3 is 10.3 Å². The molecule has 112 valence electrons. The third-order valence-electron chi connectivity index (χ3n) is 2.72. The standard InChI is InChI=1S/C12H13N3O3S3/c13-21(17,18)9-3-1-8(2-4-9)5-6-14-11(16)10-7-20-12(19)15-10/h1-4,7H,5-6H2,(H,14,16)(H,15,19)(H2,13,17,18). The van der Waals surface area contributed by atoms with Gasteiger partial charge in [-0.05, 0) is 36.3 Å². The molecule has 21 heavy (non-hydrogen) atoms. The topological polar surface area (TPSA) is 105 Å². The van der Waals surface area contributed by atoms with E-state index in [9.17, 15) is 13.2 Å². The summed E-state index contributed by atoms with van der Waals surface area (Å²) in [7, 11) is -3.67. The molecule has 0 aliphatic rings. The van der Waals surface area contributed by atoms with Crippen molar-refractivity contribution in [2.75, 3.05) is 6.54 Å². The normalized spacial score (nSPS) is 11.3. The van der Waals surface area contributed by atoms with Crippen molar-refractivity contribution in [3.63, 3.8) is 0 Å². The number of hydrogen-bond donors (Lipinski definition) is 3. The van der Waals surface area contributed by atoms with Crippen LogP contribution in [0.2, 0.25) is 0 Å². The summed E-state index contributed by atoms with van der Waals surface area (Å²) in [6, 6.07) is 6.24. The number of H-pyrrole nitrogens is 1. The maximum Gasteiger partial charge on any atom is 0.268 e. The number of carbonyl (C=O) groups is 1. The van der Waals surface area contributed by atoms with Crippen molar-refractivity contribution in [1.82, 2.24) is 10.3 Å². The maximum absolute atomic E-state index is 11.8. The van der Waals surface area contributed by atoms with Gasteiger partial charge in [0, 0.05) is 11.9 Å². The summed E-state index contributed by atoms with van der Waals surface area (Å²) < 4.78 is 22.8. The predicted molar refractivity (Wildman–Crippen MR) is 83.4 cm³/mol. The van der Waals surface area contributed by atoms with Gasteiger partial charge in [-0.15, -0.1) is 11.3 Å². The van der Waals surface area contributed by atoms with Gasteiger partial charge >= 0.3 is 0 Å². The Hall–Kier alpha value is -1.55. The molecule has 0 saturated carbocycles. The summed E-state index contributed by atoms with van der Waals surface area (Å²) in [5.41, 5.74) is 1.34. The lowest BCUT2D eigenvalue weighted by Gasteiger charge is -2.05. The van der Waals surface area contributed by atoms with Crippen molar-refractivity contribution >= 4 is 39.5 Å². The van der Waals surface area contributed by atoms with E-state index in [0.29, 0.717) is 22.6 Å². The van der Waals surface area contributed by atoms with Crippen molar-refractivity contribution in [2.45, 2.75) is 11.3 Å². The molecular weight excluding hydrogens is 330 g/mol. The summed E-state index contributed by atoms with van der Waals surface area (Å²) in [5.74, 6) is -0.219. The zero-order valence-electron chi connectivity index (χ0n) is 10.8. The Balaban J connectivity index is 1.89. The van der Waals surface area contributed by atoms with Crippen LogP contribution in [0.3, 0.4) is 0 Å². The smallest absolute Gasteiger partial charge is 0.268 e. The quantitative estimate of drug-likeness (QED) is 0.714.